The van der Waals surface area contributed by atoms with E-state index in [2.05, 4.69) is 4.74 Å². The summed E-state index contributed by atoms with van der Waals surface area (Å²) in [4.78, 5) is 24.5. The predicted octanol–water partition coefficient (Wildman–Crippen LogP) is 1.27. The molecule has 0 aromatic heterocycles. The molecule has 1 atom stereocenters. The van der Waals surface area contributed by atoms with Crippen LogP contribution in [0.15, 0.2) is 18.2 Å². The summed E-state index contributed by atoms with van der Waals surface area (Å²) in [5.74, 6) is -0.0543. The summed E-state index contributed by atoms with van der Waals surface area (Å²) in [5, 5.41) is 0.610. The number of carbonyl (C=O) groups excluding carboxylic acids is 2. The first-order chi connectivity index (χ1) is 9.01. The molecule has 1 aromatic rings. The molecule has 5 nitrogen and oxygen atoms in total. The zero-order valence-electron chi connectivity index (χ0n) is 10.7. The third kappa shape index (κ3) is 2.98. The zero-order chi connectivity index (χ0) is 14.0. The van der Waals surface area contributed by atoms with Gasteiger partial charge < -0.3 is 14.4 Å². The number of likely N-dealkylation sites (N-methyl/N-ethyl adjacent to an activating group) is 1. The van der Waals surface area contributed by atoms with E-state index < -0.39 is 12.1 Å². The second-order valence-electron chi connectivity index (χ2n) is 4.33. The first kappa shape index (κ1) is 13.7. The van der Waals surface area contributed by atoms with Crippen LogP contribution in [0.5, 0.6) is 5.75 Å². The minimum absolute atomic E-state index is 0.0910. The van der Waals surface area contributed by atoms with Gasteiger partial charge in [0.15, 0.2) is 6.10 Å². The molecule has 0 spiro atoms. The van der Waals surface area contributed by atoms with Crippen molar-refractivity contribution in [3.05, 3.63) is 28.8 Å². The number of hydrogen-bond acceptors (Lipinski definition) is 4. The molecule has 1 heterocycles. The fourth-order valence-corrected chi connectivity index (χ4v) is 2.13. The standard InChI is InChI=1S/C13H14ClNO4/c1-15(7-12(16)18-2)13(17)11-6-8-5-9(14)3-4-10(8)19-11/h3-5,11H,6-7H2,1-2H3. The fourth-order valence-electron chi connectivity index (χ4n) is 1.94. The highest BCUT2D eigenvalue weighted by Gasteiger charge is 2.31. The first-order valence-electron chi connectivity index (χ1n) is 5.78. The Kier molecular flexibility index (Phi) is 3.95. The zero-order valence-corrected chi connectivity index (χ0v) is 11.4. The summed E-state index contributed by atoms with van der Waals surface area (Å²) < 4.78 is 10.1. The Hall–Kier alpha value is -1.75. The van der Waals surface area contributed by atoms with Gasteiger partial charge in [-0.1, -0.05) is 11.6 Å². The highest BCUT2D eigenvalue weighted by Crippen LogP contribution is 2.31. The van der Waals surface area contributed by atoms with E-state index in [-0.39, 0.29) is 12.5 Å². The fraction of sp³-hybridized carbons (Fsp3) is 0.385. The minimum atomic E-state index is -0.608. The molecule has 1 aromatic carbocycles. The minimum Gasteiger partial charge on any atom is -0.480 e. The van der Waals surface area contributed by atoms with Crippen LogP contribution in [-0.4, -0.2) is 43.6 Å². The number of halogens is 1. The third-order valence-corrected chi connectivity index (χ3v) is 3.18. The number of carbonyl (C=O) groups is 2. The van der Waals surface area contributed by atoms with Crippen LogP contribution in [0, 0.1) is 0 Å². The normalized spacial score (nSPS) is 16.5. The van der Waals surface area contributed by atoms with Gasteiger partial charge in [0.2, 0.25) is 0 Å². The van der Waals surface area contributed by atoms with Gasteiger partial charge in [0.05, 0.1) is 7.11 Å². The molecule has 0 saturated heterocycles. The van der Waals surface area contributed by atoms with Gasteiger partial charge in [-0.2, -0.15) is 0 Å². The number of rotatable bonds is 3. The Morgan fingerprint density at radius 2 is 2.26 bits per heavy atom. The summed E-state index contributed by atoms with van der Waals surface area (Å²) in [6, 6.07) is 5.24. The Morgan fingerprint density at radius 1 is 1.53 bits per heavy atom. The molecule has 0 saturated carbocycles. The number of amides is 1. The van der Waals surface area contributed by atoms with Crippen LogP contribution in [0.3, 0.4) is 0 Å². The van der Waals surface area contributed by atoms with Crippen molar-refractivity contribution in [2.45, 2.75) is 12.5 Å². The number of ether oxygens (including phenoxy) is 2. The van der Waals surface area contributed by atoms with Gasteiger partial charge in [0.1, 0.15) is 12.3 Å². The van der Waals surface area contributed by atoms with E-state index in [4.69, 9.17) is 16.3 Å². The molecule has 0 radical (unpaired) electrons. The van der Waals surface area contributed by atoms with Crippen molar-refractivity contribution in [3.63, 3.8) is 0 Å². The van der Waals surface area contributed by atoms with Gasteiger partial charge >= 0.3 is 5.97 Å². The average molecular weight is 284 g/mol. The smallest absolute Gasteiger partial charge is 0.325 e. The van der Waals surface area contributed by atoms with Crippen LogP contribution in [0.4, 0.5) is 0 Å². The Labute approximate surface area is 116 Å². The Balaban J connectivity index is 2.02. The first-order valence-corrected chi connectivity index (χ1v) is 6.16. The Morgan fingerprint density at radius 3 is 2.95 bits per heavy atom. The van der Waals surface area contributed by atoms with Gasteiger partial charge in [0, 0.05) is 18.5 Å². The molecule has 19 heavy (non-hydrogen) atoms. The van der Waals surface area contributed by atoms with Gasteiger partial charge in [-0.05, 0) is 23.8 Å². The lowest BCUT2D eigenvalue weighted by Gasteiger charge is -2.19. The van der Waals surface area contributed by atoms with Crippen molar-refractivity contribution in [2.24, 2.45) is 0 Å². The maximum absolute atomic E-state index is 12.1. The maximum atomic E-state index is 12.1. The lowest BCUT2D eigenvalue weighted by molar-refractivity contribution is -0.148. The molecule has 1 aliphatic rings. The van der Waals surface area contributed by atoms with E-state index in [1.54, 1.807) is 25.2 Å². The average Bonchev–Trinajstić information content (AvgIpc) is 2.80. The lowest BCUT2D eigenvalue weighted by atomic mass is 10.1. The summed E-state index contributed by atoms with van der Waals surface area (Å²) in [5.41, 5.74) is 0.900. The number of fused-ring (bicyclic) bond motifs is 1. The van der Waals surface area contributed by atoms with Crippen LogP contribution < -0.4 is 4.74 Å². The number of esters is 1. The molecule has 2 rings (SSSR count). The third-order valence-electron chi connectivity index (χ3n) is 2.94. The lowest BCUT2D eigenvalue weighted by Crippen LogP contribution is -2.41. The van der Waals surface area contributed by atoms with Crippen LogP contribution >= 0.6 is 11.6 Å². The monoisotopic (exact) mass is 283 g/mol. The maximum Gasteiger partial charge on any atom is 0.325 e. The van der Waals surface area contributed by atoms with E-state index in [0.29, 0.717) is 17.2 Å². The number of nitrogens with zero attached hydrogens (tertiary/aromatic N) is 1. The van der Waals surface area contributed by atoms with Gasteiger partial charge in [-0.15, -0.1) is 0 Å². The Bertz CT molecular complexity index is 517. The topological polar surface area (TPSA) is 55.8 Å². The predicted molar refractivity (Wildman–Crippen MR) is 69.2 cm³/mol. The molecule has 6 heteroatoms. The molecular weight excluding hydrogens is 270 g/mol. The van der Waals surface area contributed by atoms with Crippen molar-refractivity contribution in [3.8, 4) is 5.75 Å². The second-order valence-corrected chi connectivity index (χ2v) is 4.77. The molecule has 1 unspecified atom stereocenters. The van der Waals surface area contributed by atoms with Gasteiger partial charge in [-0.3, -0.25) is 9.59 Å². The molecular formula is C13H14ClNO4. The van der Waals surface area contributed by atoms with Crippen molar-refractivity contribution >= 4 is 23.5 Å². The molecule has 0 bridgehead atoms. The van der Waals surface area contributed by atoms with E-state index in [0.717, 1.165) is 5.56 Å². The molecule has 0 N–H and O–H groups in total. The van der Waals surface area contributed by atoms with Crippen molar-refractivity contribution < 1.29 is 19.1 Å². The highest BCUT2D eigenvalue weighted by atomic mass is 35.5. The van der Waals surface area contributed by atoms with Crippen LogP contribution in [0.1, 0.15) is 5.56 Å². The molecule has 102 valence electrons. The molecule has 1 aliphatic heterocycles. The molecule has 1 amide bonds. The summed E-state index contributed by atoms with van der Waals surface area (Å²) >= 11 is 5.89. The SMILES string of the molecule is COC(=O)CN(C)C(=O)C1Cc2cc(Cl)ccc2O1. The largest absolute Gasteiger partial charge is 0.480 e. The van der Waals surface area contributed by atoms with E-state index >= 15 is 0 Å². The second kappa shape index (κ2) is 5.48. The van der Waals surface area contributed by atoms with Crippen molar-refractivity contribution in [1.29, 1.82) is 0 Å². The number of hydrogen-bond donors (Lipinski definition) is 0. The van der Waals surface area contributed by atoms with Crippen molar-refractivity contribution in [2.75, 3.05) is 20.7 Å². The molecule has 0 fully saturated rings. The number of methoxy groups -OCH3 is 1. The highest BCUT2D eigenvalue weighted by molar-refractivity contribution is 6.30. The summed E-state index contributed by atoms with van der Waals surface area (Å²) in [6.45, 7) is -0.0910. The van der Waals surface area contributed by atoms with Crippen LogP contribution in [0.25, 0.3) is 0 Å². The summed E-state index contributed by atoms with van der Waals surface area (Å²) in [6.07, 6.45) is -0.150. The van der Waals surface area contributed by atoms with Gasteiger partial charge in [-0.25, -0.2) is 0 Å². The van der Waals surface area contributed by atoms with Crippen LogP contribution in [-0.2, 0) is 20.7 Å². The van der Waals surface area contributed by atoms with Crippen LogP contribution in [0.2, 0.25) is 5.02 Å². The van der Waals surface area contributed by atoms with E-state index in [9.17, 15) is 9.59 Å². The molecule has 0 aliphatic carbocycles. The van der Waals surface area contributed by atoms with E-state index in [1.165, 1.54) is 12.0 Å². The quantitative estimate of drug-likeness (QED) is 0.784. The number of benzene rings is 1. The van der Waals surface area contributed by atoms with E-state index in [1.807, 2.05) is 0 Å². The van der Waals surface area contributed by atoms with Gasteiger partial charge in [0.25, 0.3) is 5.91 Å². The summed E-state index contributed by atoms with van der Waals surface area (Å²) in [7, 11) is 2.82. The van der Waals surface area contributed by atoms with Crippen molar-refractivity contribution in [1.82, 2.24) is 4.90 Å².